The van der Waals surface area contributed by atoms with Crippen molar-refractivity contribution in [2.75, 3.05) is 13.7 Å². The lowest BCUT2D eigenvalue weighted by molar-refractivity contribution is -0.140. The van der Waals surface area contributed by atoms with Crippen molar-refractivity contribution in [3.63, 3.8) is 0 Å². The molecule has 1 rings (SSSR count). The van der Waals surface area contributed by atoms with E-state index in [2.05, 4.69) is 17.0 Å². The summed E-state index contributed by atoms with van der Waals surface area (Å²) in [6.45, 7) is 2.80. The third-order valence-corrected chi connectivity index (χ3v) is 2.89. The number of rotatable bonds is 8. The maximum atomic E-state index is 12.3. The van der Waals surface area contributed by atoms with Crippen molar-refractivity contribution in [2.45, 2.75) is 32.2 Å². The Morgan fingerprint density at radius 2 is 1.95 bits per heavy atom. The third-order valence-electron chi connectivity index (χ3n) is 2.89. The summed E-state index contributed by atoms with van der Waals surface area (Å²) in [7, 11) is 1.33. The first-order chi connectivity index (χ1) is 9.19. The van der Waals surface area contributed by atoms with Gasteiger partial charge in [0.1, 0.15) is 0 Å². The molecule has 0 saturated carbocycles. The molecule has 0 spiro atoms. The van der Waals surface area contributed by atoms with E-state index in [1.165, 1.54) is 7.11 Å². The van der Waals surface area contributed by atoms with Crippen molar-refractivity contribution < 1.29 is 14.3 Å². The van der Waals surface area contributed by atoms with Crippen LogP contribution in [0.25, 0.3) is 0 Å². The highest BCUT2D eigenvalue weighted by molar-refractivity contribution is 6.01. The number of hydrogen-bond donors (Lipinski definition) is 1. The molecule has 0 aliphatic carbocycles. The first kappa shape index (κ1) is 15.4. The van der Waals surface area contributed by atoms with Crippen molar-refractivity contribution in [1.82, 2.24) is 5.32 Å². The zero-order valence-electron chi connectivity index (χ0n) is 11.5. The van der Waals surface area contributed by atoms with Gasteiger partial charge in [-0.3, -0.25) is 9.59 Å². The van der Waals surface area contributed by atoms with E-state index in [1.54, 1.807) is 12.1 Å². The molecule has 1 unspecified atom stereocenters. The van der Waals surface area contributed by atoms with Crippen LogP contribution in [-0.4, -0.2) is 31.4 Å². The number of hydrogen-bond acceptors (Lipinski definition) is 4. The van der Waals surface area contributed by atoms with E-state index in [1.807, 2.05) is 18.2 Å². The Balaban J connectivity index is 2.71. The Hall–Kier alpha value is -1.68. The third kappa shape index (κ3) is 5.22. The fraction of sp³-hybridized carbons (Fsp3) is 0.467. The van der Waals surface area contributed by atoms with Gasteiger partial charge in [-0.1, -0.05) is 43.7 Å². The second-order valence-corrected chi connectivity index (χ2v) is 4.37. The average Bonchev–Trinajstić information content (AvgIpc) is 2.46. The number of carbonyl (C=O) groups excluding carboxylic acids is 2. The molecule has 1 aromatic carbocycles. The molecule has 1 N–H and O–H groups in total. The van der Waals surface area contributed by atoms with Crippen LogP contribution in [0.15, 0.2) is 30.3 Å². The molecular weight excluding hydrogens is 242 g/mol. The molecule has 0 saturated heterocycles. The van der Waals surface area contributed by atoms with E-state index in [9.17, 15) is 9.59 Å². The molecule has 0 fully saturated rings. The molecule has 0 bridgehead atoms. The molecule has 4 heteroatoms. The number of Topliss-reactive ketones (excluding diaryl/α,β-unsaturated/α-hetero) is 1. The van der Waals surface area contributed by atoms with Crippen molar-refractivity contribution in [3.05, 3.63) is 35.9 Å². The minimum absolute atomic E-state index is 0.0634. The van der Waals surface area contributed by atoms with Crippen molar-refractivity contribution >= 4 is 11.8 Å². The van der Waals surface area contributed by atoms with Crippen LogP contribution in [-0.2, 0) is 9.53 Å². The lowest BCUT2D eigenvalue weighted by Gasteiger charge is -2.16. The maximum absolute atomic E-state index is 12.3. The predicted molar refractivity (Wildman–Crippen MR) is 74.1 cm³/mol. The molecule has 1 atom stereocenters. The second kappa shape index (κ2) is 8.43. The highest BCUT2D eigenvalue weighted by atomic mass is 16.5. The van der Waals surface area contributed by atoms with Gasteiger partial charge in [-0.2, -0.15) is 0 Å². The molecule has 4 nitrogen and oxygen atoms in total. The van der Waals surface area contributed by atoms with Crippen LogP contribution in [0.4, 0.5) is 0 Å². The summed E-state index contributed by atoms with van der Waals surface area (Å²) in [6, 6.07) is 8.49. The summed E-state index contributed by atoms with van der Waals surface area (Å²) in [5.41, 5.74) is 0.611. The first-order valence-electron chi connectivity index (χ1n) is 6.58. The summed E-state index contributed by atoms with van der Waals surface area (Å²) < 4.78 is 4.64. The molecule has 0 aliphatic heterocycles. The molecule has 0 heterocycles. The standard InChI is InChI=1S/C15H21NO3/c1-3-4-10-16-13(11-14(17)19-2)15(18)12-8-6-5-7-9-12/h5-9,13,16H,3-4,10-11H2,1-2H3. The van der Waals surface area contributed by atoms with E-state index in [-0.39, 0.29) is 18.2 Å². The van der Waals surface area contributed by atoms with Crippen LogP contribution >= 0.6 is 0 Å². The maximum Gasteiger partial charge on any atom is 0.307 e. The monoisotopic (exact) mass is 263 g/mol. The zero-order valence-corrected chi connectivity index (χ0v) is 11.5. The van der Waals surface area contributed by atoms with Crippen LogP contribution in [0, 0.1) is 0 Å². The summed E-state index contributed by atoms with van der Waals surface area (Å²) >= 11 is 0. The van der Waals surface area contributed by atoms with Gasteiger partial charge >= 0.3 is 5.97 Å². The van der Waals surface area contributed by atoms with Crippen molar-refractivity contribution in [3.8, 4) is 0 Å². The Morgan fingerprint density at radius 3 is 2.53 bits per heavy atom. The van der Waals surface area contributed by atoms with E-state index < -0.39 is 6.04 Å². The Bertz CT molecular complexity index is 403. The second-order valence-electron chi connectivity index (χ2n) is 4.37. The summed E-state index contributed by atoms with van der Waals surface area (Å²) in [5.74, 6) is -0.444. The van der Waals surface area contributed by atoms with E-state index >= 15 is 0 Å². The van der Waals surface area contributed by atoms with Gasteiger partial charge in [0.2, 0.25) is 0 Å². The average molecular weight is 263 g/mol. The van der Waals surface area contributed by atoms with Crippen LogP contribution < -0.4 is 5.32 Å². The molecule has 0 radical (unpaired) electrons. The zero-order chi connectivity index (χ0) is 14.1. The number of carbonyl (C=O) groups is 2. The Labute approximate surface area is 114 Å². The van der Waals surface area contributed by atoms with E-state index in [0.29, 0.717) is 5.56 Å². The number of esters is 1. The van der Waals surface area contributed by atoms with Crippen LogP contribution in [0.5, 0.6) is 0 Å². The van der Waals surface area contributed by atoms with Gasteiger partial charge in [-0.25, -0.2) is 0 Å². The molecular formula is C15H21NO3. The fourth-order valence-electron chi connectivity index (χ4n) is 1.76. The van der Waals surface area contributed by atoms with Gasteiger partial charge in [0.25, 0.3) is 0 Å². The van der Waals surface area contributed by atoms with E-state index in [0.717, 1.165) is 19.4 Å². The SMILES string of the molecule is CCCCNC(CC(=O)OC)C(=O)c1ccccc1. The van der Waals surface area contributed by atoms with Crippen molar-refractivity contribution in [2.24, 2.45) is 0 Å². The number of ketones is 1. The van der Waals surface area contributed by atoms with Gasteiger partial charge in [0.15, 0.2) is 5.78 Å². The summed E-state index contributed by atoms with van der Waals surface area (Å²) in [4.78, 5) is 23.7. The highest BCUT2D eigenvalue weighted by Gasteiger charge is 2.22. The number of methoxy groups -OCH3 is 1. The minimum Gasteiger partial charge on any atom is -0.469 e. The first-order valence-corrected chi connectivity index (χ1v) is 6.58. The lowest BCUT2D eigenvalue weighted by atomic mass is 10.0. The fourth-order valence-corrected chi connectivity index (χ4v) is 1.76. The molecule has 1 aromatic rings. The van der Waals surface area contributed by atoms with Gasteiger partial charge in [0, 0.05) is 5.56 Å². The summed E-state index contributed by atoms with van der Waals surface area (Å²) in [6.07, 6.45) is 2.07. The van der Waals surface area contributed by atoms with Gasteiger partial charge in [-0.05, 0) is 13.0 Å². The largest absolute Gasteiger partial charge is 0.469 e. The van der Waals surface area contributed by atoms with Gasteiger partial charge in [-0.15, -0.1) is 0 Å². The number of ether oxygens (including phenoxy) is 1. The van der Waals surface area contributed by atoms with Crippen LogP contribution in [0.3, 0.4) is 0 Å². The quantitative estimate of drug-likeness (QED) is 0.444. The highest BCUT2D eigenvalue weighted by Crippen LogP contribution is 2.07. The molecule has 0 aliphatic rings. The topological polar surface area (TPSA) is 55.4 Å². The number of benzene rings is 1. The lowest BCUT2D eigenvalue weighted by Crippen LogP contribution is -2.39. The normalized spacial score (nSPS) is 11.9. The van der Waals surface area contributed by atoms with Gasteiger partial charge < -0.3 is 10.1 Å². The molecule has 0 amide bonds. The Morgan fingerprint density at radius 1 is 1.26 bits per heavy atom. The van der Waals surface area contributed by atoms with Gasteiger partial charge in [0.05, 0.1) is 19.6 Å². The Kier molecular flexibility index (Phi) is 6.82. The molecule has 0 aromatic heterocycles. The number of nitrogens with one attached hydrogen (secondary N) is 1. The minimum atomic E-state index is -0.513. The molecule has 104 valence electrons. The van der Waals surface area contributed by atoms with Crippen LogP contribution in [0.2, 0.25) is 0 Å². The van der Waals surface area contributed by atoms with Crippen molar-refractivity contribution in [1.29, 1.82) is 0 Å². The molecule has 19 heavy (non-hydrogen) atoms. The smallest absolute Gasteiger partial charge is 0.307 e. The number of unbranched alkanes of at least 4 members (excludes halogenated alkanes) is 1. The summed E-state index contributed by atoms with van der Waals surface area (Å²) in [5, 5.41) is 3.13. The van der Waals surface area contributed by atoms with E-state index in [4.69, 9.17) is 0 Å². The predicted octanol–water partition coefficient (Wildman–Crippen LogP) is 2.19. The van der Waals surface area contributed by atoms with Crippen LogP contribution in [0.1, 0.15) is 36.5 Å².